The summed E-state index contributed by atoms with van der Waals surface area (Å²) >= 11 is 0. The highest BCUT2D eigenvalue weighted by atomic mass is 16.6. The number of nitro groups is 1. The third kappa shape index (κ3) is 3.31. The second kappa shape index (κ2) is 7.25. The van der Waals surface area contributed by atoms with Crippen molar-refractivity contribution in [3.05, 3.63) is 101 Å². The van der Waals surface area contributed by atoms with Gasteiger partial charge in [-0.05, 0) is 40.6 Å². The van der Waals surface area contributed by atoms with Crippen LogP contribution in [0.2, 0.25) is 0 Å². The molecule has 0 N–H and O–H groups in total. The minimum absolute atomic E-state index is 0.0330. The maximum atomic E-state index is 10.9. The number of nitrogens with zero attached hydrogens (tertiary/aromatic N) is 3. The van der Waals surface area contributed by atoms with Gasteiger partial charge in [0.05, 0.1) is 10.6 Å². The molecule has 0 radical (unpaired) electrons. The van der Waals surface area contributed by atoms with Crippen molar-refractivity contribution in [3.63, 3.8) is 0 Å². The van der Waals surface area contributed by atoms with Crippen molar-refractivity contribution in [1.82, 2.24) is 4.98 Å². The van der Waals surface area contributed by atoms with Gasteiger partial charge >= 0.3 is 0 Å². The summed E-state index contributed by atoms with van der Waals surface area (Å²) in [5, 5.41) is 13.1. The van der Waals surface area contributed by atoms with Crippen molar-refractivity contribution in [2.24, 2.45) is 4.99 Å². The first-order valence-electron chi connectivity index (χ1n) is 9.35. The van der Waals surface area contributed by atoms with Crippen LogP contribution in [0.5, 0.6) is 0 Å². The van der Waals surface area contributed by atoms with Crippen molar-refractivity contribution in [2.45, 2.75) is 0 Å². The zero-order valence-corrected chi connectivity index (χ0v) is 15.7. The van der Waals surface area contributed by atoms with Crippen LogP contribution in [-0.4, -0.2) is 16.1 Å². The van der Waals surface area contributed by atoms with E-state index >= 15 is 0 Å². The molecule has 0 aliphatic carbocycles. The standard InChI is InChI=1S/C24H15N3O3/c28-27(29)19-8-3-5-16(13-19)15-25-18-11-12-23-22(14-18)26-24(30-23)21-10-4-7-17-6-1-2-9-20(17)21/h1-15H. The fraction of sp³-hybridized carbons (Fsp3) is 0. The number of aromatic nitrogens is 1. The van der Waals surface area contributed by atoms with Gasteiger partial charge in [-0.3, -0.25) is 15.1 Å². The van der Waals surface area contributed by atoms with E-state index in [9.17, 15) is 10.1 Å². The van der Waals surface area contributed by atoms with Gasteiger partial charge in [0.2, 0.25) is 5.89 Å². The van der Waals surface area contributed by atoms with E-state index < -0.39 is 4.92 Å². The van der Waals surface area contributed by atoms with Crippen molar-refractivity contribution in [2.75, 3.05) is 0 Å². The zero-order valence-electron chi connectivity index (χ0n) is 15.7. The number of benzene rings is 4. The molecule has 30 heavy (non-hydrogen) atoms. The van der Waals surface area contributed by atoms with Crippen LogP contribution < -0.4 is 0 Å². The van der Waals surface area contributed by atoms with E-state index in [0.29, 0.717) is 28.2 Å². The Bertz CT molecular complexity index is 1430. The van der Waals surface area contributed by atoms with Crippen LogP contribution in [0.15, 0.2) is 94.3 Å². The lowest BCUT2D eigenvalue weighted by Crippen LogP contribution is -1.89. The van der Waals surface area contributed by atoms with Gasteiger partial charge in [0.1, 0.15) is 5.52 Å². The summed E-state index contributed by atoms with van der Waals surface area (Å²) in [6, 6.07) is 26.0. The van der Waals surface area contributed by atoms with E-state index in [2.05, 4.69) is 22.1 Å². The minimum Gasteiger partial charge on any atom is -0.436 e. The van der Waals surface area contributed by atoms with Gasteiger partial charge in [-0.25, -0.2) is 4.98 Å². The predicted octanol–water partition coefficient (Wildman–Crippen LogP) is 6.31. The van der Waals surface area contributed by atoms with Crippen LogP contribution in [-0.2, 0) is 0 Å². The van der Waals surface area contributed by atoms with Crippen LogP contribution >= 0.6 is 0 Å². The molecule has 0 amide bonds. The van der Waals surface area contributed by atoms with Gasteiger partial charge in [0.15, 0.2) is 5.58 Å². The Morgan fingerprint density at radius 1 is 0.933 bits per heavy atom. The molecule has 5 aromatic rings. The fourth-order valence-electron chi connectivity index (χ4n) is 3.39. The third-order valence-electron chi connectivity index (χ3n) is 4.83. The summed E-state index contributed by atoms with van der Waals surface area (Å²) in [6.07, 6.45) is 1.60. The smallest absolute Gasteiger partial charge is 0.270 e. The molecule has 0 unspecified atom stereocenters. The first-order valence-corrected chi connectivity index (χ1v) is 9.35. The van der Waals surface area contributed by atoms with Gasteiger partial charge in [-0.15, -0.1) is 0 Å². The first kappa shape index (κ1) is 17.8. The van der Waals surface area contributed by atoms with Crippen molar-refractivity contribution in [3.8, 4) is 11.5 Å². The number of hydrogen-bond donors (Lipinski definition) is 0. The number of non-ortho nitro benzene ring substituents is 1. The number of fused-ring (bicyclic) bond motifs is 2. The Kier molecular flexibility index (Phi) is 4.29. The molecule has 0 saturated heterocycles. The first-order chi connectivity index (χ1) is 14.7. The van der Waals surface area contributed by atoms with Crippen LogP contribution in [0.1, 0.15) is 5.56 Å². The van der Waals surface area contributed by atoms with Crippen LogP contribution in [0.3, 0.4) is 0 Å². The average molecular weight is 393 g/mol. The fourth-order valence-corrected chi connectivity index (χ4v) is 3.39. The summed E-state index contributed by atoms with van der Waals surface area (Å²) in [5.74, 6) is 0.557. The highest BCUT2D eigenvalue weighted by Crippen LogP contribution is 2.31. The summed E-state index contributed by atoms with van der Waals surface area (Å²) in [6.45, 7) is 0. The number of hydrogen-bond acceptors (Lipinski definition) is 5. The summed E-state index contributed by atoms with van der Waals surface area (Å²) in [4.78, 5) is 19.6. The zero-order chi connectivity index (χ0) is 20.5. The summed E-state index contributed by atoms with van der Waals surface area (Å²) in [5.41, 5.74) is 3.68. The molecule has 0 aliphatic rings. The number of aliphatic imine (C=N–C) groups is 1. The number of rotatable bonds is 4. The van der Waals surface area contributed by atoms with E-state index in [1.807, 2.05) is 48.5 Å². The third-order valence-corrected chi connectivity index (χ3v) is 4.83. The SMILES string of the molecule is O=[N+]([O-])c1cccc(C=Nc2ccc3oc(-c4cccc5ccccc45)nc3c2)c1. The molecule has 4 aromatic carbocycles. The lowest BCUT2D eigenvalue weighted by atomic mass is 10.0. The van der Waals surface area contributed by atoms with Crippen LogP contribution in [0.25, 0.3) is 33.3 Å². The van der Waals surface area contributed by atoms with E-state index in [4.69, 9.17) is 4.42 Å². The predicted molar refractivity (Wildman–Crippen MR) is 117 cm³/mol. The Morgan fingerprint density at radius 3 is 2.67 bits per heavy atom. The molecule has 0 aliphatic heterocycles. The second-order valence-corrected chi connectivity index (χ2v) is 6.81. The van der Waals surface area contributed by atoms with Gasteiger partial charge in [0, 0.05) is 23.9 Å². The minimum atomic E-state index is -0.423. The van der Waals surface area contributed by atoms with Gasteiger partial charge < -0.3 is 4.42 Å². The Hall–Kier alpha value is -4.32. The van der Waals surface area contributed by atoms with Crippen LogP contribution in [0.4, 0.5) is 11.4 Å². The highest BCUT2D eigenvalue weighted by Gasteiger charge is 2.11. The summed E-state index contributed by atoms with van der Waals surface area (Å²) < 4.78 is 5.98. The second-order valence-electron chi connectivity index (χ2n) is 6.81. The molecule has 1 aromatic heterocycles. The monoisotopic (exact) mass is 393 g/mol. The maximum Gasteiger partial charge on any atom is 0.270 e. The van der Waals surface area contributed by atoms with E-state index in [1.165, 1.54) is 12.1 Å². The van der Waals surface area contributed by atoms with Crippen molar-refractivity contribution in [1.29, 1.82) is 0 Å². The largest absolute Gasteiger partial charge is 0.436 e. The quantitative estimate of drug-likeness (QED) is 0.204. The molecular weight excluding hydrogens is 378 g/mol. The van der Waals surface area contributed by atoms with Crippen LogP contribution in [0, 0.1) is 10.1 Å². The Morgan fingerprint density at radius 2 is 1.77 bits per heavy atom. The molecule has 0 bridgehead atoms. The maximum absolute atomic E-state index is 10.9. The molecule has 0 spiro atoms. The average Bonchev–Trinajstić information content (AvgIpc) is 3.20. The van der Waals surface area contributed by atoms with E-state index in [-0.39, 0.29) is 5.69 Å². The lowest BCUT2D eigenvalue weighted by molar-refractivity contribution is -0.384. The molecule has 0 fully saturated rings. The normalized spacial score (nSPS) is 11.5. The summed E-state index contributed by atoms with van der Waals surface area (Å²) in [7, 11) is 0. The van der Waals surface area contributed by atoms with Crippen molar-refractivity contribution >= 4 is 39.5 Å². The van der Waals surface area contributed by atoms with E-state index in [1.54, 1.807) is 18.3 Å². The van der Waals surface area contributed by atoms with E-state index in [0.717, 1.165) is 16.3 Å². The van der Waals surface area contributed by atoms with Gasteiger partial charge in [-0.1, -0.05) is 48.5 Å². The molecule has 6 nitrogen and oxygen atoms in total. The molecule has 144 valence electrons. The Balaban J connectivity index is 1.50. The Labute approximate surface area is 171 Å². The van der Waals surface area contributed by atoms with Gasteiger partial charge in [-0.2, -0.15) is 0 Å². The molecule has 0 saturated carbocycles. The lowest BCUT2D eigenvalue weighted by Gasteiger charge is -2.01. The van der Waals surface area contributed by atoms with Gasteiger partial charge in [0.25, 0.3) is 5.69 Å². The topological polar surface area (TPSA) is 81.5 Å². The molecule has 0 atom stereocenters. The molecule has 1 heterocycles. The number of oxazole rings is 1. The number of nitro benzene ring substituents is 1. The van der Waals surface area contributed by atoms with Crippen molar-refractivity contribution < 1.29 is 9.34 Å². The molecule has 5 rings (SSSR count). The molecular formula is C24H15N3O3. The highest BCUT2D eigenvalue weighted by molar-refractivity contribution is 5.96. The molecule has 6 heteroatoms.